The summed E-state index contributed by atoms with van der Waals surface area (Å²) < 4.78 is 0. The van der Waals surface area contributed by atoms with Gasteiger partial charge in [0, 0.05) is 24.5 Å². The zero-order valence-electron chi connectivity index (χ0n) is 10.7. The third kappa shape index (κ3) is 2.72. The van der Waals surface area contributed by atoms with Crippen molar-refractivity contribution in [3.05, 3.63) is 23.8 Å². The highest BCUT2D eigenvalue weighted by Crippen LogP contribution is 2.27. The Bertz CT molecular complexity index is 382. The molecule has 0 aromatic heterocycles. The van der Waals surface area contributed by atoms with Crippen molar-refractivity contribution in [2.45, 2.75) is 32.8 Å². The fraction of sp³-hybridized carbons (Fsp3) is 0.571. The first kappa shape index (κ1) is 12.2. The molecule has 94 valence electrons. The lowest BCUT2D eigenvalue weighted by molar-refractivity contribution is 0.110. The average molecular weight is 234 g/mol. The predicted octanol–water partition coefficient (Wildman–Crippen LogP) is 2.17. The van der Waals surface area contributed by atoms with Crippen molar-refractivity contribution in [3.8, 4) is 0 Å². The normalized spacial score (nSPS) is 19.4. The monoisotopic (exact) mass is 234 g/mol. The molecular formula is C14H22N2O. The summed E-state index contributed by atoms with van der Waals surface area (Å²) in [6, 6.07) is 6.26. The molecule has 1 aromatic carbocycles. The number of nitrogen functional groups attached to an aromatic ring is 1. The van der Waals surface area contributed by atoms with Gasteiger partial charge < -0.3 is 15.7 Å². The standard InChI is InChI=1S/C14H22N2O/c1-10-3-4-13(9-14(10)15)16-7-5-12(6-8-16)11(2)17/h3-4,9,11-12,17H,5-8,15H2,1-2H3. The van der Waals surface area contributed by atoms with E-state index in [4.69, 9.17) is 5.73 Å². The van der Waals surface area contributed by atoms with Crippen molar-refractivity contribution >= 4 is 11.4 Å². The molecule has 1 atom stereocenters. The van der Waals surface area contributed by atoms with Gasteiger partial charge in [-0.05, 0) is 50.3 Å². The summed E-state index contributed by atoms with van der Waals surface area (Å²) in [5, 5.41) is 9.58. The minimum atomic E-state index is -0.180. The Balaban J connectivity index is 2.03. The van der Waals surface area contributed by atoms with Gasteiger partial charge in [-0.15, -0.1) is 0 Å². The molecule has 0 bridgehead atoms. The van der Waals surface area contributed by atoms with Crippen LogP contribution in [0.2, 0.25) is 0 Å². The first-order chi connectivity index (χ1) is 8.08. The number of benzene rings is 1. The van der Waals surface area contributed by atoms with E-state index in [-0.39, 0.29) is 6.10 Å². The molecule has 17 heavy (non-hydrogen) atoms. The summed E-state index contributed by atoms with van der Waals surface area (Å²) in [5.41, 5.74) is 9.14. The molecule has 0 spiro atoms. The molecule has 3 nitrogen and oxygen atoms in total. The van der Waals surface area contributed by atoms with Crippen molar-refractivity contribution in [1.29, 1.82) is 0 Å². The third-order valence-corrected chi connectivity index (χ3v) is 3.85. The lowest BCUT2D eigenvalue weighted by atomic mass is 9.92. The molecule has 2 rings (SSSR count). The SMILES string of the molecule is Cc1ccc(N2CCC(C(C)O)CC2)cc1N. The van der Waals surface area contributed by atoms with Crippen molar-refractivity contribution < 1.29 is 5.11 Å². The number of piperidine rings is 1. The van der Waals surface area contributed by atoms with Crippen LogP contribution in [0.5, 0.6) is 0 Å². The van der Waals surface area contributed by atoms with Crippen LogP contribution >= 0.6 is 0 Å². The van der Waals surface area contributed by atoms with Crippen molar-refractivity contribution in [3.63, 3.8) is 0 Å². The summed E-state index contributed by atoms with van der Waals surface area (Å²) >= 11 is 0. The number of rotatable bonds is 2. The molecule has 1 aliphatic heterocycles. The van der Waals surface area contributed by atoms with E-state index in [0.717, 1.165) is 37.2 Å². The van der Waals surface area contributed by atoms with E-state index in [1.807, 2.05) is 13.8 Å². The van der Waals surface area contributed by atoms with E-state index in [1.54, 1.807) is 0 Å². The number of hydrogen-bond donors (Lipinski definition) is 2. The Morgan fingerprint density at radius 1 is 1.35 bits per heavy atom. The molecule has 1 saturated heterocycles. The molecule has 1 heterocycles. The third-order valence-electron chi connectivity index (χ3n) is 3.85. The van der Waals surface area contributed by atoms with Crippen LogP contribution in [0.3, 0.4) is 0 Å². The fourth-order valence-electron chi connectivity index (χ4n) is 2.46. The van der Waals surface area contributed by atoms with Gasteiger partial charge in [0.15, 0.2) is 0 Å². The Morgan fingerprint density at radius 3 is 2.53 bits per heavy atom. The Kier molecular flexibility index (Phi) is 3.57. The van der Waals surface area contributed by atoms with Crippen LogP contribution in [-0.4, -0.2) is 24.3 Å². The molecule has 0 amide bonds. The van der Waals surface area contributed by atoms with Crippen LogP contribution in [0.1, 0.15) is 25.3 Å². The highest BCUT2D eigenvalue weighted by Gasteiger charge is 2.22. The van der Waals surface area contributed by atoms with Gasteiger partial charge in [-0.3, -0.25) is 0 Å². The fourth-order valence-corrected chi connectivity index (χ4v) is 2.46. The Labute approximate surface area is 103 Å². The van der Waals surface area contributed by atoms with Crippen LogP contribution in [0, 0.1) is 12.8 Å². The summed E-state index contributed by atoms with van der Waals surface area (Å²) in [6.45, 7) is 5.94. The molecule has 1 unspecified atom stereocenters. The van der Waals surface area contributed by atoms with E-state index >= 15 is 0 Å². The first-order valence-electron chi connectivity index (χ1n) is 6.37. The molecule has 3 N–H and O–H groups in total. The summed E-state index contributed by atoms with van der Waals surface area (Å²) in [7, 11) is 0. The topological polar surface area (TPSA) is 49.5 Å². The highest BCUT2D eigenvalue weighted by atomic mass is 16.3. The van der Waals surface area contributed by atoms with E-state index in [1.165, 1.54) is 5.69 Å². The Morgan fingerprint density at radius 2 is 2.00 bits per heavy atom. The van der Waals surface area contributed by atoms with Gasteiger partial charge in [0.2, 0.25) is 0 Å². The highest BCUT2D eigenvalue weighted by molar-refractivity contribution is 5.59. The van der Waals surface area contributed by atoms with Gasteiger partial charge in [0.1, 0.15) is 0 Å². The van der Waals surface area contributed by atoms with Crippen molar-refractivity contribution in [2.75, 3.05) is 23.7 Å². The molecule has 0 radical (unpaired) electrons. The predicted molar refractivity (Wildman–Crippen MR) is 72.2 cm³/mol. The second-order valence-corrected chi connectivity index (χ2v) is 5.11. The van der Waals surface area contributed by atoms with E-state index in [0.29, 0.717) is 5.92 Å². The zero-order chi connectivity index (χ0) is 12.4. The maximum Gasteiger partial charge on any atom is 0.0541 e. The van der Waals surface area contributed by atoms with Gasteiger partial charge >= 0.3 is 0 Å². The molecule has 1 aliphatic rings. The maximum absolute atomic E-state index is 9.58. The number of aliphatic hydroxyl groups is 1. The number of aliphatic hydroxyl groups excluding tert-OH is 1. The first-order valence-corrected chi connectivity index (χ1v) is 6.37. The van der Waals surface area contributed by atoms with Crippen LogP contribution in [0.15, 0.2) is 18.2 Å². The number of aryl methyl sites for hydroxylation is 1. The number of nitrogens with two attached hydrogens (primary N) is 1. The van der Waals surface area contributed by atoms with E-state index in [9.17, 15) is 5.11 Å². The average Bonchev–Trinajstić information content (AvgIpc) is 2.33. The number of hydrogen-bond acceptors (Lipinski definition) is 3. The van der Waals surface area contributed by atoms with Crippen LogP contribution in [0.4, 0.5) is 11.4 Å². The molecular weight excluding hydrogens is 212 g/mol. The molecule has 0 saturated carbocycles. The molecule has 1 fully saturated rings. The molecule has 0 aliphatic carbocycles. The Hall–Kier alpha value is -1.22. The van der Waals surface area contributed by atoms with E-state index in [2.05, 4.69) is 23.1 Å². The van der Waals surface area contributed by atoms with Crippen LogP contribution in [0.25, 0.3) is 0 Å². The van der Waals surface area contributed by atoms with Gasteiger partial charge in [-0.2, -0.15) is 0 Å². The lowest BCUT2D eigenvalue weighted by Gasteiger charge is -2.35. The number of nitrogens with zero attached hydrogens (tertiary/aromatic N) is 1. The molecule has 3 heteroatoms. The second kappa shape index (κ2) is 4.96. The zero-order valence-corrected chi connectivity index (χ0v) is 10.7. The van der Waals surface area contributed by atoms with Crippen LogP contribution in [-0.2, 0) is 0 Å². The van der Waals surface area contributed by atoms with Gasteiger partial charge in [-0.1, -0.05) is 6.07 Å². The van der Waals surface area contributed by atoms with E-state index < -0.39 is 0 Å². The lowest BCUT2D eigenvalue weighted by Crippen LogP contribution is -2.37. The van der Waals surface area contributed by atoms with Crippen LogP contribution < -0.4 is 10.6 Å². The largest absolute Gasteiger partial charge is 0.398 e. The smallest absolute Gasteiger partial charge is 0.0541 e. The van der Waals surface area contributed by atoms with Gasteiger partial charge in [-0.25, -0.2) is 0 Å². The quantitative estimate of drug-likeness (QED) is 0.771. The summed E-state index contributed by atoms with van der Waals surface area (Å²) in [6.07, 6.45) is 1.94. The maximum atomic E-state index is 9.58. The summed E-state index contributed by atoms with van der Waals surface area (Å²) in [5.74, 6) is 0.453. The van der Waals surface area contributed by atoms with Gasteiger partial charge in [0.05, 0.1) is 6.10 Å². The summed E-state index contributed by atoms with van der Waals surface area (Å²) in [4.78, 5) is 2.36. The number of anilines is 2. The van der Waals surface area contributed by atoms with Crippen molar-refractivity contribution in [2.24, 2.45) is 5.92 Å². The van der Waals surface area contributed by atoms with Gasteiger partial charge in [0.25, 0.3) is 0 Å². The minimum absolute atomic E-state index is 0.180. The molecule has 1 aromatic rings. The van der Waals surface area contributed by atoms with Crippen molar-refractivity contribution in [1.82, 2.24) is 0 Å². The minimum Gasteiger partial charge on any atom is -0.398 e. The second-order valence-electron chi connectivity index (χ2n) is 5.11.